The molecule has 0 aliphatic carbocycles. The van der Waals surface area contributed by atoms with E-state index < -0.39 is 11.9 Å². The zero-order valence-electron chi connectivity index (χ0n) is 6.94. The highest BCUT2D eigenvalue weighted by Crippen LogP contribution is 1.82. The van der Waals surface area contributed by atoms with Gasteiger partial charge in [0.25, 0.3) is 0 Å². The Bertz CT molecular complexity index is 191. The summed E-state index contributed by atoms with van der Waals surface area (Å²) in [5, 5.41) is 0. The molecular formula is C8H10O4. The van der Waals surface area contributed by atoms with Crippen molar-refractivity contribution in [1.82, 2.24) is 0 Å². The molecule has 12 heavy (non-hydrogen) atoms. The van der Waals surface area contributed by atoms with E-state index in [1.165, 1.54) is 38.5 Å². The monoisotopic (exact) mass is 170 g/mol. The van der Waals surface area contributed by atoms with E-state index in [1.807, 2.05) is 0 Å². The summed E-state index contributed by atoms with van der Waals surface area (Å²) in [5.41, 5.74) is 0. The van der Waals surface area contributed by atoms with Gasteiger partial charge in [0, 0.05) is 12.2 Å². The standard InChI is InChI=1S/C8H10O4/c1-11-7(9)5-3-4-6-8(10)12-2/h3-6H,1-2H3. The average Bonchev–Trinajstić information content (AvgIpc) is 2.11. The summed E-state index contributed by atoms with van der Waals surface area (Å²) in [6.45, 7) is 0. The van der Waals surface area contributed by atoms with Crippen LogP contribution in [0.2, 0.25) is 0 Å². The van der Waals surface area contributed by atoms with E-state index in [1.54, 1.807) is 0 Å². The number of hydrogen-bond donors (Lipinski definition) is 0. The largest absolute Gasteiger partial charge is 0.466 e. The van der Waals surface area contributed by atoms with E-state index in [9.17, 15) is 9.59 Å². The highest BCUT2D eigenvalue weighted by Gasteiger charge is 1.89. The van der Waals surface area contributed by atoms with Gasteiger partial charge in [-0.05, 0) is 0 Å². The number of allylic oxidation sites excluding steroid dienone is 2. The van der Waals surface area contributed by atoms with Gasteiger partial charge in [0.15, 0.2) is 0 Å². The summed E-state index contributed by atoms with van der Waals surface area (Å²) in [6, 6.07) is 0. The Balaban J connectivity index is 3.81. The van der Waals surface area contributed by atoms with Gasteiger partial charge in [0.1, 0.15) is 0 Å². The number of carbonyl (C=O) groups is 2. The molecule has 0 radical (unpaired) electrons. The van der Waals surface area contributed by atoms with Crippen LogP contribution in [0.1, 0.15) is 0 Å². The van der Waals surface area contributed by atoms with Crippen molar-refractivity contribution in [2.45, 2.75) is 0 Å². The third kappa shape index (κ3) is 5.22. The molecule has 0 rings (SSSR count). The van der Waals surface area contributed by atoms with Crippen LogP contribution in [0.25, 0.3) is 0 Å². The highest BCUT2D eigenvalue weighted by molar-refractivity contribution is 5.84. The molecule has 0 atom stereocenters. The predicted molar refractivity (Wildman–Crippen MR) is 42.3 cm³/mol. The first-order valence-corrected chi connectivity index (χ1v) is 3.21. The van der Waals surface area contributed by atoms with Gasteiger partial charge >= 0.3 is 11.9 Å². The summed E-state index contributed by atoms with van der Waals surface area (Å²) < 4.78 is 8.62. The second-order valence-electron chi connectivity index (χ2n) is 1.76. The van der Waals surface area contributed by atoms with Crippen molar-refractivity contribution >= 4 is 11.9 Å². The molecule has 0 saturated carbocycles. The van der Waals surface area contributed by atoms with Crippen molar-refractivity contribution in [2.75, 3.05) is 14.2 Å². The van der Waals surface area contributed by atoms with Crippen molar-refractivity contribution in [3.05, 3.63) is 24.3 Å². The third-order valence-electron chi connectivity index (χ3n) is 0.978. The van der Waals surface area contributed by atoms with Crippen molar-refractivity contribution in [1.29, 1.82) is 0 Å². The molecule has 0 heterocycles. The second-order valence-corrected chi connectivity index (χ2v) is 1.76. The molecule has 0 unspecified atom stereocenters. The van der Waals surface area contributed by atoms with Crippen molar-refractivity contribution in [2.24, 2.45) is 0 Å². The van der Waals surface area contributed by atoms with Crippen LogP contribution in [0.3, 0.4) is 0 Å². The van der Waals surface area contributed by atoms with Crippen LogP contribution in [0.4, 0.5) is 0 Å². The van der Waals surface area contributed by atoms with E-state index in [0.29, 0.717) is 0 Å². The lowest BCUT2D eigenvalue weighted by molar-refractivity contribution is -0.135. The van der Waals surface area contributed by atoms with Crippen LogP contribution in [0.5, 0.6) is 0 Å². The number of methoxy groups -OCH3 is 2. The molecule has 66 valence electrons. The molecule has 0 saturated heterocycles. The van der Waals surface area contributed by atoms with Crippen LogP contribution in [-0.4, -0.2) is 26.2 Å². The smallest absolute Gasteiger partial charge is 0.330 e. The van der Waals surface area contributed by atoms with Crippen LogP contribution < -0.4 is 0 Å². The van der Waals surface area contributed by atoms with Gasteiger partial charge < -0.3 is 9.47 Å². The Kier molecular flexibility index (Phi) is 5.34. The zero-order valence-corrected chi connectivity index (χ0v) is 6.94. The first-order chi connectivity index (χ1) is 5.70. The van der Waals surface area contributed by atoms with Gasteiger partial charge in [-0.15, -0.1) is 0 Å². The molecule has 0 fully saturated rings. The van der Waals surface area contributed by atoms with E-state index in [0.717, 1.165) is 0 Å². The van der Waals surface area contributed by atoms with Gasteiger partial charge in [0.2, 0.25) is 0 Å². The lowest BCUT2D eigenvalue weighted by Crippen LogP contribution is -1.94. The molecule has 0 spiro atoms. The molecule has 0 amide bonds. The van der Waals surface area contributed by atoms with Gasteiger partial charge in [-0.3, -0.25) is 0 Å². The Morgan fingerprint density at radius 1 is 0.917 bits per heavy atom. The van der Waals surface area contributed by atoms with Crippen molar-refractivity contribution in [3.63, 3.8) is 0 Å². The maximum atomic E-state index is 10.5. The summed E-state index contributed by atoms with van der Waals surface area (Å²) in [5.74, 6) is -0.936. The molecule has 0 aliphatic rings. The molecule has 0 aromatic heterocycles. The summed E-state index contributed by atoms with van der Waals surface area (Å²) in [6.07, 6.45) is 5.17. The van der Waals surface area contributed by atoms with Gasteiger partial charge in [-0.25, -0.2) is 9.59 Å². The first-order valence-electron chi connectivity index (χ1n) is 3.21. The number of rotatable bonds is 3. The highest BCUT2D eigenvalue weighted by atomic mass is 16.5. The predicted octanol–water partition coefficient (Wildman–Crippen LogP) is 0.445. The maximum Gasteiger partial charge on any atom is 0.330 e. The zero-order chi connectivity index (χ0) is 9.40. The van der Waals surface area contributed by atoms with Crippen LogP contribution in [0, 0.1) is 0 Å². The Hall–Kier alpha value is -1.58. The Morgan fingerprint density at radius 2 is 1.25 bits per heavy atom. The molecule has 4 heteroatoms. The second kappa shape index (κ2) is 6.15. The molecule has 0 aliphatic heterocycles. The van der Waals surface area contributed by atoms with E-state index in [-0.39, 0.29) is 0 Å². The molecular weight excluding hydrogens is 160 g/mol. The van der Waals surface area contributed by atoms with Crippen LogP contribution >= 0.6 is 0 Å². The Morgan fingerprint density at radius 3 is 1.50 bits per heavy atom. The third-order valence-corrected chi connectivity index (χ3v) is 0.978. The van der Waals surface area contributed by atoms with E-state index >= 15 is 0 Å². The minimum Gasteiger partial charge on any atom is -0.466 e. The molecule has 4 nitrogen and oxygen atoms in total. The van der Waals surface area contributed by atoms with Crippen LogP contribution in [-0.2, 0) is 19.1 Å². The summed E-state index contributed by atoms with van der Waals surface area (Å²) in [4.78, 5) is 20.9. The lowest BCUT2D eigenvalue weighted by Gasteiger charge is -1.87. The molecule has 0 bridgehead atoms. The van der Waals surface area contributed by atoms with Crippen molar-refractivity contribution < 1.29 is 19.1 Å². The first kappa shape index (κ1) is 10.4. The van der Waals surface area contributed by atoms with Gasteiger partial charge in [-0.1, -0.05) is 12.2 Å². The Labute approximate surface area is 70.5 Å². The topological polar surface area (TPSA) is 52.6 Å². The summed E-state index contributed by atoms with van der Waals surface area (Å²) >= 11 is 0. The molecule has 0 aromatic carbocycles. The normalized spacial score (nSPS) is 10.5. The number of hydrogen-bond acceptors (Lipinski definition) is 4. The number of ether oxygens (including phenoxy) is 2. The van der Waals surface area contributed by atoms with E-state index in [2.05, 4.69) is 9.47 Å². The fourth-order valence-electron chi connectivity index (χ4n) is 0.404. The quantitative estimate of drug-likeness (QED) is 0.350. The van der Waals surface area contributed by atoms with Gasteiger partial charge in [0.05, 0.1) is 14.2 Å². The maximum absolute atomic E-state index is 10.5. The SMILES string of the molecule is COC(=O)C=CC=CC(=O)OC. The fourth-order valence-corrected chi connectivity index (χ4v) is 0.404. The minimum absolute atomic E-state index is 0.468. The van der Waals surface area contributed by atoms with Crippen LogP contribution in [0.15, 0.2) is 24.3 Å². The van der Waals surface area contributed by atoms with Crippen molar-refractivity contribution in [3.8, 4) is 0 Å². The lowest BCUT2D eigenvalue weighted by atomic mass is 10.4. The fraction of sp³-hybridized carbons (Fsp3) is 0.250. The molecule has 0 aromatic rings. The number of esters is 2. The average molecular weight is 170 g/mol. The molecule has 0 N–H and O–H groups in total. The minimum atomic E-state index is -0.468. The summed E-state index contributed by atoms with van der Waals surface area (Å²) in [7, 11) is 2.55. The van der Waals surface area contributed by atoms with Gasteiger partial charge in [-0.2, -0.15) is 0 Å². The number of carbonyl (C=O) groups excluding carboxylic acids is 2. The van der Waals surface area contributed by atoms with E-state index in [4.69, 9.17) is 0 Å².